The molecule has 0 spiro atoms. The summed E-state index contributed by atoms with van der Waals surface area (Å²) in [7, 11) is 0. The minimum atomic E-state index is -0.410. The first-order valence-corrected chi connectivity index (χ1v) is 12.9. The fourth-order valence-electron chi connectivity index (χ4n) is 3.80. The Balaban J connectivity index is 1.15. The topological polar surface area (TPSA) is 87.7 Å². The highest BCUT2D eigenvalue weighted by Crippen LogP contribution is 2.29. The second-order valence-corrected chi connectivity index (χ2v) is 10.2. The molecule has 3 heterocycles. The summed E-state index contributed by atoms with van der Waals surface area (Å²) >= 11 is 3.16. The maximum absolute atomic E-state index is 12.2. The lowest BCUT2D eigenvalue weighted by Gasteiger charge is -2.34. The monoisotopic (exact) mass is 487 g/mol. The fourth-order valence-corrected chi connectivity index (χ4v) is 5.68. The van der Waals surface area contributed by atoms with Gasteiger partial charge in [0.1, 0.15) is 5.01 Å². The first-order chi connectivity index (χ1) is 16.0. The van der Waals surface area contributed by atoms with E-state index in [1.165, 1.54) is 16.0 Å². The number of piperazine rings is 1. The van der Waals surface area contributed by atoms with Gasteiger partial charge < -0.3 is 15.0 Å². The summed E-state index contributed by atoms with van der Waals surface area (Å²) in [5.74, 6) is -0.402. The number of rotatable bonds is 9. The van der Waals surface area contributed by atoms with Crippen molar-refractivity contribution in [2.24, 2.45) is 0 Å². The number of nitrogens with zero attached hydrogens (tertiary/aromatic N) is 4. The molecule has 0 radical (unpaired) electrons. The number of aromatic nitrogens is 2. The number of thiazole rings is 2. The number of ether oxygens (including phenoxy) is 1. The lowest BCUT2D eigenvalue weighted by atomic mass is 10.2. The Morgan fingerprint density at radius 2 is 1.91 bits per heavy atom. The van der Waals surface area contributed by atoms with Crippen LogP contribution in [0.4, 0.5) is 5.13 Å². The van der Waals surface area contributed by atoms with Crippen LogP contribution in [0.3, 0.4) is 0 Å². The Morgan fingerprint density at radius 3 is 2.67 bits per heavy atom. The average Bonchev–Trinajstić information content (AvgIpc) is 3.42. The SMILES string of the molecule is CCOC(=O)c1nc(CNC(=O)CCCN2CCN(c3nc4ccccc4s3)CC2)sc1C. The number of benzene rings is 1. The molecule has 0 atom stereocenters. The molecule has 3 aromatic rings. The molecule has 1 saturated heterocycles. The van der Waals surface area contributed by atoms with Crippen LogP contribution in [0, 0.1) is 6.92 Å². The van der Waals surface area contributed by atoms with Crippen LogP contribution in [0.1, 0.15) is 40.1 Å². The van der Waals surface area contributed by atoms with Crippen molar-refractivity contribution in [3.05, 3.63) is 39.8 Å². The van der Waals surface area contributed by atoms with E-state index in [1.807, 2.05) is 13.0 Å². The Kier molecular flexibility index (Phi) is 7.89. The number of para-hydroxylation sites is 1. The maximum atomic E-state index is 12.2. The van der Waals surface area contributed by atoms with Gasteiger partial charge in [-0.3, -0.25) is 9.69 Å². The quantitative estimate of drug-likeness (QED) is 0.463. The summed E-state index contributed by atoms with van der Waals surface area (Å²) in [6.07, 6.45) is 1.30. The Morgan fingerprint density at radius 1 is 1.12 bits per heavy atom. The summed E-state index contributed by atoms with van der Waals surface area (Å²) in [4.78, 5) is 38.8. The van der Waals surface area contributed by atoms with Crippen molar-refractivity contribution in [2.45, 2.75) is 33.2 Å². The smallest absolute Gasteiger partial charge is 0.358 e. The normalized spacial score (nSPS) is 14.5. The van der Waals surface area contributed by atoms with E-state index in [0.29, 0.717) is 25.3 Å². The molecule has 1 amide bonds. The van der Waals surface area contributed by atoms with Crippen LogP contribution in [-0.4, -0.2) is 66.1 Å². The molecular weight excluding hydrogens is 458 g/mol. The summed E-state index contributed by atoms with van der Waals surface area (Å²) in [6.45, 7) is 9.04. The Labute approximate surface area is 201 Å². The molecule has 0 unspecified atom stereocenters. The molecule has 1 N–H and O–H groups in total. The minimum absolute atomic E-state index is 0.00801. The van der Waals surface area contributed by atoms with Crippen LogP contribution in [0.15, 0.2) is 24.3 Å². The second kappa shape index (κ2) is 11.0. The van der Waals surface area contributed by atoms with Gasteiger partial charge in [-0.05, 0) is 38.9 Å². The number of anilines is 1. The maximum Gasteiger partial charge on any atom is 0.358 e. The lowest BCUT2D eigenvalue weighted by Crippen LogP contribution is -2.46. The van der Waals surface area contributed by atoms with Crippen LogP contribution in [0.5, 0.6) is 0 Å². The zero-order chi connectivity index (χ0) is 23.2. The third-order valence-electron chi connectivity index (χ3n) is 5.55. The highest BCUT2D eigenvalue weighted by Gasteiger charge is 2.20. The Hall–Kier alpha value is -2.56. The van der Waals surface area contributed by atoms with Crippen molar-refractivity contribution in [1.82, 2.24) is 20.2 Å². The molecule has 0 aliphatic carbocycles. The van der Waals surface area contributed by atoms with Crippen LogP contribution in [0.2, 0.25) is 0 Å². The van der Waals surface area contributed by atoms with Crippen molar-refractivity contribution < 1.29 is 14.3 Å². The van der Waals surface area contributed by atoms with Crippen molar-refractivity contribution in [2.75, 3.05) is 44.2 Å². The van der Waals surface area contributed by atoms with E-state index in [1.54, 1.807) is 18.3 Å². The first kappa shape index (κ1) is 23.6. The van der Waals surface area contributed by atoms with Gasteiger partial charge in [-0.2, -0.15) is 0 Å². The number of esters is 1. The molecule has 1 fully saturated rings. The first-order valence-electron chi connectivity index (χ1n) is 11.3. The van der Waals surface area contributed by atoms with E-state index in [-0.39, 0.29) is 5.91 Å². The van der Waals surface area contributed by atoms with Gasteiger partial charge in [0.25, 0.3) is 0 Å². The minimum Gasteiger partial charge on any atom is -0.461 e. The number of amides is 1. The molecule has 1 aliphatic rings. The molecule has 0 bridgehead atoms. The molecule has 2 aromatic heterocycles. The number of carbonyl (C=O) groups excluding carboxylic acids is 2. The summed E-state index contributed by atoms with van der Waals surface area (Å²) < 4.78 is 6.24. The van der Waals surface area contributed by atoms with Crippen LogP contribution >= 0.6 is 22.7 Å². The number of aryl methyl sites for hydroxylation is 1. The molecule has 1 aliphatic heterocycles. The van der Waals surface area contributed by atoms with E-state index in [9.17, 15) is 9.59 Å². The number of nitrogens with one attached hydrogen (secondary N) is 1. The van der Waals surface area contributed by atoms with Gasteiger partial charge >= 0.3 is 5.97 Å². The van der Waals surface area contributed by atoms with E-state index < -0.39 is 5.97 Å². The molecule has 10 heteroatoms. The highest BCUT2D eigenvalue weighted by atomic mass is 32.1. The van der Waals surface area contributed by atoms with Crippen molar-refractivity contribution in [1.29, 1.82) is 0 Å². The van der Waals surface area contributed by atoms with Crippen LogP contribution in [-0.2, 0) is 16.1 Å². The number of fused-ring (bicyclic) bond motifs is 1. The number of hydrogen-bond acceptors (Lipinski definition) is 9. The van der Waals surface area contributed by atoms with E-state index >= 15 is 0 Å². The molecule has 0 saturated carbocycles. The van der Waals surface area contributed by atoms with Gasteiger partial charge in [-0.1, -0.05) is 23.5 Å². The second-order valence-electron chi connectivity index (χ2n) is 7.91. The van der Waals surface area contributed by atoms with Gasteiger partial charge in [-0.25, -0.2) is 14.8 Å². The predicted molar refractivity (Wildman–Crippen MR) is 132 cm³/mol. The van der Waals surface area contributed by atoms with Crippen molar-refractivity contribution in [3.8, 4) is 0 Å². The Bertz CT molecular complexity index is 1070. The van der Waals surface area contributed by atoms with Crippen molar-refractivity contribution >= 4 is 49.9 Å². The van der Waals surface area contributed by atoms with Crippen LogP contribution < -0.4 is 10.2 Å². The standard InChI is InChI=1S/C23H29N5O3S2/c1-3-31-22(30)21-16(2)32-20(26-21)15-24-19(29)9-6-10-27-11-13-28(14-12-27)23-25-17-7-4-5-8-18(17)33-23/h4-5,7-8H,3,6,9-15H2,1-2H3,(H,24,29). The fraction of sp³-hybridized carbons (Fsp3) is 0.478. The van der Waals surface area contributed by atoms with Gasteiger partial charge in [0, 0.05) is 37.5 Å². The van der Waals surface area contributed by atoms with Crippen molar-refractivity contribution in [3.63, 3.8) is 0 Å². The van der Waals surface area contributed by atoms with Crippen LogP contribution in [0.25, 0.3) is 10.2 Å². The largest absolute Gasteiger partial charge is 0.461 e. The number of carbonyl (C=O) groups is 2. The van der Waals surface area contributed by atoms with E-state index in [2.05, 4.69) is 38.3 Å². The summed E-state index contributed by atoms with van der Waals surface area (Å²) in [5.41, 5.74) is 1.41. The third kappa shape index (κ3) is 6.07. The summed E-state index contributed by atoms with van der Waals surface area (Å²) in [6, 6.07) is 8.26. The number of hydrogen-bond donors (Lipinski definition) is 1. The van der Waals surface area contributed by atoms with E-state index in [4.69, 9.17) is 9.72 Å². The molecular formula is C23H29N5O3S2. The molecule has 33 heavy (non-hydrogen) atoms. The summed E-state index contributed by atoms with van der Waals surface area (Å²) in [5, 5.41) is 4.73. The lowest BCUT2D eigenvalue weighted by molar-refractivity contribution is -0.121. The zero-order valence-electron chi connectivity index (χ0n) is 19.0. The molecule has 4 rings (SSSR count). The average molecular weight is 488 g/mol. The highest BCUT2D eigenvalue weighted by molar-refractivity contribution is 7.22. The zero-order valence-corrected chi connectivity index (χ0v) is 20.6. The molecule has 176 valence electrons. The molecule has 1 aromatic carbocycles. The van der Waals surface area contributed by atoms with E-state index in [0.717, 1.165) is 59.7 Å². The third-order valence-corrected chi connectivity index (χ3v) is 7.62. The van der Waals surface area contributed by atoms with Gasteiger partial charge in [-0.15, -0.1) is 11.3 Å². The molecule has 8 nitrogen and oxygen atoms in total. The predicted octanol–water partition coefficient (Wildman–Crippen LogP) is 3.46. The van der Waals surface area contributed by atoms with Gasteiger partial charge in [0.15, 0.2) is 10.8 Å². The van der Waals surface area contributed by atoms with Gasteiger partial charge in [0.05, 0.1) is 23.4 Å². The van der Waals surface area contributed by atoms with Gasteiger partial charge in [0.2, 0.25) is 5.91 Å².